The Morgan fingerprint density at radius 1 is 0.854 bits per heavy atom. The minimum Gasteiger partial charge on any atom is -0.493 e. The van der Waals surface area contributed by atoms with Gasteiger partial charge in [0.2, 0.25) is 5.91 Å². The van der Waals surface area contributed by atoms with E-state index in [1.807, 2.05) is 18.2 Å². The second-order valence-corrected chi connectivity index (χ2v) is 12.7. The van der Waals surface area contributed by atoms with Gasteiger partial charge in [0.25, 0.3) is 0 Å². The number of hydrogen-bond acceptors (Lipinski definition) is 6. The number of rotatable bonds is 10. The molecule has 1 N–H and O–H groups in total. The van der Waals surface area contributed by atoms with Gasteiger partial charge in [-0.1, -0.05) is 60.7 Å². The second-order valence-electron chi connectivity index (χ2n) is 12.7. The minimum absolute atomic E-state index is 0.0303. The van der Waals surface area contributed by atoms with Crippen LogP contribution in [0.5, 0.6) is 11.5 Å². The molecule has 2 aliphatic heterocycles. The Hall–Kier alpha value is -4.63. The summed E-state index contributed by atoms with van der Waals surface area (Å²) in [7, 11) is 5.47. The average molecular weight is 645 g/mol. The number of para-hydroxylation sites is 1. The molecule has 1 fully saturated rings. The lowest BCUT2D eigenvalue weighted by atomic mass is 9.96. The molecule has 1 unspecified atom stereocenters. The van der Waals surface area contributed by atoms with Gasteiger partial charge in [-0.15, -0.1) is 0 Å². The first-order valence-electron chi connectivity index (χ1n) is 16.8. The normalized spacial score (nSPS) is 16.0. The summed E-state index contributed by atoms with van der Waals surface area (Å²) >= 11 is 0. The summed E-state index contributed by atoms with van der Waals surface area (Å²) in [6.45, 7) is 5.46. The maximum Gasteiger partial charge on any atom is 0.246 e. The molecule has 0 saturated carbocycles. The van der Waals surface area contributed by atoms with Crippen LogP contribution < -0.4 is 14.8 Å². The summed E-state index contributed by atoms with van der Waals surface area (Å²) in [6.07, 6.45) is 1.93. The highest BCUT2D eigenvalue weighted by atomic mass is 16.5. The average Bonchev–Trinajstić information content (AvgIpc) is 3.42. The number of amides is 1. The van der Waals surface area contributed by atoms with E-state index >= 15 is 0 Å². The molecular formula is C40H44N4O4. The molecule has 0 aliphatic carbocycles. The highest BCUT2D eigenvalue weighted by Crippen LogP contribution is 2.40. The molecule has 48 heavy (non-hydrogen) atoms. The lowest BCUT2D eigenvalue weighted by Crippen LogP contribution is -2.44. The van der Waals surface area contributed by atoms with E-state index < -0.39 is 6.04 Å². The molecule has 0 spiro atoms. The Kier molecular flexibility index (Phi) is 9.47. The number of carbonyl (C=O) groups excluding carboxylic acids is 1. The van der Waals surface area contributed by atoms with Gasteiger partial charge in [-0.05, 0) is 65.4 Å². The number of fused-ring (bicyclic) bond motifs is 2. The van der Waals surface area contributed by atoms with Gasteiger partial charge in [0, 0.05) is 61.9 Å². The van der Waals surface area contributed by atoms with Crippen molar-refractivity contribution < 1.29 is 19.0 Å². The summed E-state index contributed by atoms with van der Waals surface area (Å²) in [5, 5.41) is 4.39. The molecule has 7 rings (SSSR count). The summed E-state index contributed by atoms with van der Waals surface area (Å²) in [5.74, 6) is 1.54. The molecule has 1 saturated heterocycles. The highest BCUT2D eigenvalue weighted by molar-refractivity contribution is 6.02. The van der Waals surface area contributed by atoms with Crippen LogP contribution in [0.15, 0.2) is 91.0 Å². The SMILES string of the molecule is COc1cc2c(cc1OC)CN(CCc1ccc(NC(=O)C(c3c(-c4ccccc4)n(C)c4ccccc34)N3CCOCC3)cc1)CC2. The van der Waals surface area contributed by atoms with Crippen LogP contribution in [0.3, 0.4) is 0 Å². The van der Waals surface area contributed by atoms with Gasteiger partial charge in [-0.25, -0.2) is 0 Å². The van der Waals surface area contributed by atoms with Crippen molar-refractivity contribution >= 4 is 22.5 Å². The summed E-state index contributed by atoms with van der Waals surface area (Å²) in [5.41, 5.74) is 8.99. The van der Waals surface area contributed by atoms with E-state index in [1.54, 1.807) is 14.2 Å². The number of hydrogen-bond donors (Lipinski definition) is 1. The van der Waals surface area contributed by atoms with E-state index in [1.165, 1.54) is 16.7 Å². The van der Waals surface area contributed by atoms with Gasteiger partial charge in [0.1, 0.15) is 6.04 Å². The Bertz CT molecular complexity index is 1880. The fourth-order valence-corrected chi connectivity index (χ4v) is 7.34. The quantitative estimate of drug-likeness (QED) is 0.188. The Morgan fingerprint density at radius 2 is 1.54 bits per heavy atom. The summed E-state index contributed by atoms with van der Waals surface area (Å²) < 4.78 is 19.0. The number of aryl methyl sites for hydroxylation is 1. The van der Waals surface area contributed by atoms with Crippen molar-refractivity contribution in [2.75, 3.05) is 58.9 Å². The molecule has 2 aliphatic rings. The van der Waals surface area contributed by atoms with Gasteiger partial charge in [-0.3, -0.25) is 14.6 Å². The minimum atomic E-state index is -0.476. The highest BCUT2D eigenvalue weighted by Gasteiger charge is 2.35. The molecule has 1 aromatic heterocycles. The fraction of sp³-hybridized carbons (Fsp3) is 0.325. The van der Waals surface area contributed by atoms with Gasteiger partial charge in [-0.2, -0.15) is 0 Å². The van der Waals surface area contributed by atoms with E-state index in [9.17, 15) is 4.79 Å². The van der Waals surface area contributed by atoms with Crippen molar-refractivity contribution in [1.82, 2.24) is 14.4 Å². The van der Waals surface area contributed by atoms with Crippen molar-refractivity contribution in [3.8, 4) is 22.8 Å². The zero-order valence-corrected chi connectivity index (χ0v) is 28.1. The number of anilines is 1. The standard InChI is InChI=1S/C40H44N4O4/c1-42-34-12-8-7-11-33(34)37(38(42)29-9-5-4-6-10-29)39(44-21-23-48-24-22-44)40(45)41-32-15-13-28(14-16-32)17-19-43-20-18-30-25-35(46-2)36(47-3)26-31(30)27-43/h4-16,25-26,39H,17-24,27H2,1-3H3,(H,41,45). The molecule has 1 atom stereocenters. The topological polar surface area (TPSA) is 68.2 Å². The van der Waals surface area contributed by atoms with Crippen LogP contribution in [-0.2, 0) is 36.0 Å². The molecule has 0 bridgehead atoms. The Morgan fingerprint density at radius 3 is 2.27 bits per heavy atom. The number of carbonyl (C=O) groups is 1. The van der Waals surface area contributed by atoms with Crippen LogP contribution in [0.2, 0.25) is 0 Å². The first kappa shape index (κ1) is 31.9. The Balaban J connectivity index is 1.09. The molecule has 8 nitrogen and oxygen atoms in total. The van der Waals surface area contributed by atoms with Gasteiger partial charge in [0.05, 0.1) is 33.1 Å². The molecule has 0 radical (unpaired) electrons. The molecule has 5 aromatic rings. The zero-order chi connectivity index (χ0) is 33.0. The second kappa shape index (κ2) is 14.2. The molecular weight excluding hydrogens is 600 g/mol. The maximum absolute atomic E-state index is 14.4. The number of nitrogens with one attached hydrogen (secondary N) is 1. The maximum atomic E-state index is 14.4. The zero-order valence-electron chi connectivity index (χ0n) is 28.1. The first-order valence-corrected chi connectivity index (χ1v) is 16.8. The van der Waals surface area contributed by atoms with E-state index in [4.69, 9.17) is 14.2 Å². The molecule has 4 aromatic carbocycles. The van der Waals surface area contributed by atoms with Crippen LogP contribution in [0, 0.1) is 0 Å². The van der Waals surface area contributed by atoms with Gasteiger partial charge >= 0.3 is 0 Å². The van der Waals surface area contributed by atoms with Crippen LogP contribution >= 0.6 is 0 Å². The van der Waals surface area contributed by atoms with Gasteiger partial charge < -0.3 is 24.1 Å². The fourth-order valence-electron chi connectivity index (χ4n) is 7.34. The number of nitrogens with zero attached hydrogens (tertiary/aromatic N) is 3. The number of methoxy groups -OCH3 is 2. The van der Waals surface area contributed by atoms with Crippen LogP contribution in [0.4, 0.5) is 5.69 Å². The van der Waals surface area contributed by atoms with Crippen molar-refractivity contribution in [1.29, 1.82) is 0 Å². The largest absolute Gasteiger partial charge is 0.493 e. The van der Waals surface area contributed by atoms with Crippen molar-refractivity contribution in [2.24, 2.45) is 7.05 Å². The van der Waals surface area contributed by atoms with Crippen LogP contribution in [-0.4, -0.2) is 73.9 Å². The number of aromatic nitrogens is 1. The monoisotopic (exact) mass is 644 g/mol. The van der Waals surface area contributed by atoms with Crippen molar-refractivity contribution in [3.05, 3.63) is 113 Å². The predicted molar refractivity (Wildman–Crippen MR) is 191 cm³/mol. The van der Waals surface area contributed by atoms with E-state index in [-0.39, 0.29) is 5.91 Å². The van der Waals surface area contributed by atoms with Crippen LogP contribution in [0.25, 0.3) is 22.2 Å². The van der Waals surface area contributed by atoms with E-state index in [0.29, 0.717) is 26.3 Å². The smallest absolute Gasteiger partial charge is 0.246 e. The third-order valence-corrected chi connectivity index (χ3v) is 9.86. The lowest BCUT2D eigenvalue weighted by molar-refractivity contribution is -0.123. The van der Waals surface area contributed by atoms with E-state index in [2.05, 4.69) is 99.5 Å². The van der Waals surface area contributed by atoms with Gasteiger partial charge in [0.15, 0.2) is 11.5 Å². The summed E-state index contributed by atoms with van der Waals surface area (Å²) in [6, 6.07) is 30.9. The van der Waals surface area contributed by atoms with E-state index in [0.717, 1.165) is 77.4 Å². The predicted octanol–water partition coefficient (Wildman–Crippen LogP) is 6.48. The molecule has 248 valence electrons. The molecule has 1 amide bonds. The number of ether oxygens (including phenoxy) is 3. The third-order valence-electron chi connectivity index (χ3n) is 9.86. The third kappa shape index (κ3) is 6.43. The lowest BCUT2D eigenvalue weighted by Gasteiger charge is -2.34. The molecule has 8 heteroatoms. The Labute approximate surface area is 282 Å². The van der Waals surface area contributed by atoms with Crippen molar-refractivity contribution in [2.45, 2.75) is 25.4 Å². The number of morpholine rings is 1. The molecule has 3 heterocycles. The number of benzene rings is 4. The first-order chi connectivity index (χ1) is 23.5. The van der Waals surface area contributed by atoms with Crippen molar-refractivity contribution in [3.63, 3.8) is 0 Å². The summed E-state index contributed by atoms with van der Waals surface area (Å²) in [4.78, 5) is 19.2. The van der Waals surface area contributed by atoms with Crippen LogP contribution in [0.1, 0.15) is 28.3 Å².